The van der Waals surface area contributed by atoms with E-state index in [4.69, 9.17) is 4.74 Å². The summed E-state index contributed by atoms with van der Waals surface area (Å²) in [4.78, 5) is 0. The zero-order chi connectivity index (χ0) is 24.0. The van der Waals surface area contributed by atoms with Crippen LogP contribution in [0.4, 0.5) is 0 Å². The fourth-order valence-corrected chi connectivity index (χ4v) is 9.41. The molecule has 0 saturated heterocycles. The first-order chi connectivity index (χ1) is 15.5. The molecule has 0 radical (unpaired) electrons. The largest absolute Gasteiger partial charge is 0.493 e. The zero-order valence-corrected chi connectivity index (χ0v) is 22.4. The van der Waals surface area contributed by atoms with Crippen LogP contribution in [0.15, 0.2) is 11.8 Å². The first-order valence-corrected chi connectivity index (χ1v) is 14.2. The van der Waals surface area contributed by atoms with Crippen molar-refractivity contribution in [2.75, 3.05) is 13.2 Å². The molecule has 0 heterocycles. The van der Waals surface area contributed by atoms with Gasteiger partial charge in [-0.2, -0.15) is 0 Å². The van der Waals surface area contributed by atoms with Gasteiger partial charge in [-0.15, -0.1) is 0 Å². The van der Waals surface area contributed by atoms with E-state index in [1.807, 2.05) is 6.92 Å². The molecule has 3 heteroatoms. The molecule has 190 valence electrons. The van der Waals surface area contributed by atoms with Gasteiger partial charge < -0.3 is 14.9 Å². The van der Waals surface area contributed by atoms with E-state index in [9.17, 15) is 10.2 Å². The molecule has 0 spiro atoms. The fraction of sp³-hybridized carbons (Fsp3) is 0.933. The van der Waals surface area contributed by atoms with Crippen LogP contribution in [0.3, 0.4) is 0 Å². The fourth-order valence-electron chi connectivity index (χ4n) is 9.41. The van der Waals surface area contributed by atoms with Crippen molar-refractivity contribution in [2.45, 2.75) is 111 Å². The van der Waals surface area contributed by atoms with Crippen LogP contribution in [0.5, 0.6) is 0 Å². The molecular formula is C30H52O3. The highest BCUT2D eigenvalue weighted by Crippen LogP contribution is 2.68. The number of rotatable bonds is 8. The Bertz CT molecular complexity index is 711. The summed E-state index contributed by atoms with van der Waals surface area (Å²) in [6, 6.07) is 0. The van der Waals surface area contributed by atoms with Gasteiger partial charge in [-0.05, 0) is 110 Å². The van der Waals surface area contributed by atoms with Gasteiger partial charge in [0, 0.05) is 0 Å². The SMILES string of the molecule is CC(C)CCC[C@@H](C)[C@H]1CC[C@H]2[C@@H]3CC[C@H]4C[C@](C)(O)C(OCCO)=C[C@]4(C)[C@H]3CC[C@]12C. The van der Waals surface area contributed by atoms with Crippen molar-refractivity contribution in [3.63, 3.8) is 0 Å². The van der Waals surface area contributed by atoms with Crippen LogP contribution < -0.4 is 0 Å². The Morgan fingerprint density at radius 1 is 1.00 bits per heavy atom. The highest BCUT2D eigenvalue weighted by atomic mass is 16.5. The van der Waals surface area contributed by atoms with Gasteiger partial charge >= 0.3 is 0 Å². The maximum atomic E-state index is 11.1. The number of hydrogen-bond acceptors (Lipinski definition) is 3. The molecule has 3 saturated carbocycles. The second kappa shape index (κ2) is 9.49. The topological polar surface area (TPSA) is 49.7 Å². The first-order valence-electron chi connectivity index (χ1n) is 14.2. The van der Waals surface area contributed by atoms with Crippen molar-refractivity contribution in [3.05, 3.63) is 11.8 Å². The van der Waals surface area contributed by atoms with Crippen molar-refractivity contribution in [1.29, 1.82) is 0 Å². The van der Waals surface area contributed by atoms with Gasteiger partial charge in [0.1, 0.15) is 18.0 Å². The van der Waals surface area contributed by atoms with Crippen molar-refractivity contribution in [2.24, 2.45) is 52.3 Å². The van der Waals surface area contributed by atoms with E-state index in [1.165, 1.54) is 57.8 Å². The number of ether oxygens (including phenoxy) is 1. The minimum atomic E-state index is -0.904. The van der Waals surface area contributed by atoms with Gasteiger partial charge in [-0.3, -0.25) is 0 Å². The third-order valence-electron chi connectivity index (χ3n) is 11.1. The summed E-state index contributed by atoms with van der Waals surface area (Å²) in [5.41, 5.74) is -0.279. The van der Waals surface area contributed by atoms with E-state index in [1.54, 1.807) is 0 Å². The minimum absolute atomic E-state index is 0.00319. The van der Waals surface area contributed by atoms with E-state index >= 15 is 0 Å². The lowest BCUT2D eigenvalue weighted by Gasteiger charge is -2.60. The van der Waals surface area contributed by atoms with Gasteiger partial charge in [0.05, 0.1) is 6.61 Å². The Morgan fingerprint density at radius 2 is 1.76 bits per heavy atom. The van der Waals surface area contributed by atoms with Crippen LogP contribution in [0, 0.1) is 52.3 Å². The Labute approximate surface area is 203 Å². The predicted molar refractivity (Wildman–Crippen MR) is 136 cm³/mol. The second-order valence-corrected chi connectivity index (χ2v) is 13.6. The molecule has 0 aromatic rings. The lowest BCUT2D eigenvalue weighted by atomic mass is 9.45. The minimum Gasteiger partial charge on any atom is -0.493 e. The summed E-state index contributed by atoms with van der Waals surface area (Å²) < 4.78 is 5.91. The van der Waals surface area contributed by atoms with Gasteiger partial charge in [-0.1, -0.05) is 53.9 Å². The number of aliphatic hydroxyl groups is 2. The molecule has 4 rings (SSSR count). The van der Waals surface area contributed by atoms with Crippen LogP contribution in [0.1, 0.15) is 106 Å². The van der Waals surface area contributed by atoms with E-state index in [0.29, 0.717) is 23.0 Å². The number of hydrogen-bond donors (Lipinski definition) is 2. The summed E-state index contributed by atoms with van der Waals surface area (Å²) in [7, 11) is 0. The standard InChI is InChI=1S/C30H52O3/c1-20(2)8-7-9-21(3)24-12-13-25-23-11-10-22-18-30(6,32)27(33-17-16-31)19-29(22,5)26(23)14-15-28(24,25)4/h19-26,31-32H,7-18H2,1-6H3/t21-,22+,23+,24-,25+,26+,28-,29+,30+/m1/s1. The maximum Gasteiger partial charge on any atom is 0.124 e. The highest BCUT2D eigenvalue weighted by molar-refractivity contribution is 5.24. The Balaban J connectivity index is 1.53. The lowest BCUT2D eigenvalue weighted by Crippen LogP contribution is -2.55. The van der Waals surface area contributed by atoms with E-state index in [-0.39, 0.29) is 18.6 Å². The Kier molecular flexibility index (Phi) is 7.35. The quantitative estimate of drug-likeness (QED) is 0.411. The zero-order valence-electron chi connectivity index (χ0n) is 22.4. The van der Waals surface area contributed by atoms with Crippen molar-refractivity contribution < 1.29 is 14.9 Å². The third-order valence-corrected chi connectivity index (χ3v) is 11.1. The summed E-state index contributed by atoms with van der Waals surface area (Å²) in [6.07, 6.45) is 15.4. The molecule has 4 aliphatic carbocycles. The van der Waals surface area contributed by atoms with Crippen LogP contribution in [0.2, 0.25) is 0 Å². The molecule has 9 atom stereocenters. The van der Waals surface area contributed by atoms with E-state index in [2.05, 4.69) is 40.7 Å². The van der Waals surface area contributed by atoms with Crippen LogP contribution in [-0.2, 0) is 4.74 Å². The monoisotopic (exact) mass is 460 g/mol. The van der Waals surface area contributed by atoms with Crippen molar-refractivity contribution in [1.82, 2.24) is 0 Å². The molecule has 3 fully saturated rings. The third kappa shape index (κ3) is 4.55. The molecule has 0 amide bonds. The molecule has 3 nitrogen and oxygen atoms in total. The van der Waals surface area contributed by atoms with Crippen LogP contribution in [0.25, 0.3) is 0 Å². The van der Waals surface area contributed by atoms with Crippen molar-refractivity contribution in [3.8, 4) is 0 Å². The number of fused-ring (bicyclic) bond motifs is 5. The highest BCUT2D eigenvalue weighted by Gasteiger charge is 2.61. The summed E-state index contributed by atoms with van der Waals surface area (Å²) >= 11 is 0. The van der Waals surface area contributed by atoms with E-state index < -0.39 is 5.60 Å². The lowest BCUT2D eigenvalue weighted by molar-refractivity contribution is -0.113. The predicted octanol–water partition coefficient (Wildman–Crippen LogP) is 6.97. The molecule has 0 aromatic carbocycles. The molecule has 4 aliphatic rings. The van der Waals surface area contributed by atoms with Gasteiger partial charge in [0.25, 0.3) is 0 Å². The van der Waals surface area contributed by atoms with Gasteiger partial charge in [0.2, 0.25) is 0 Å². The normalized spacial score (nSPS) is 45.7. The van der Waals surface area contributed by atoms with Crippen LogP contribution in [-0.4, -0.2) is 29.0 Å². The molecule has 2 N–H and O–H groups in total. The number of allylic oxidation sites excluding steroid dienone is 1. The Morgan fingerprint density at radius 3 is 2.45 bits per heavy atom. The molecule has 0 bridgehead atoms. The van der Waals surface area contributed by atoms with Gasteiger partial charge in [0.15, 0.2) is 0 Å². The van der Waals surface area contributed by atoms with Crippen LogP contribution >= 0.6 is 0 Å². The summed E-state index contributed by atoms with van der Waals surface area (Å²) in [5, 5.41) is 20.4. The second-order valence-electron chi connectivity index (χ2n) is 13.6. The Hall–Kier alpha value is -0.540. The average Bonchev–Trinajstić information content (AvgIpc) is 3.09. The first kappa shape index (κ1) is 25.5. The summed E-state index contributed by atoms with van der Waals surface area (Å²) in [5.74, 6) is 6.20. The molecule has 0 aromatic heterocycles. The average molecular weight is 461 g/mol. The van der Waals surface area contributed by atoms with Crippen molar-refractivity contribution >= 4 is 0 Å². The number of aliphatic hydroxyl groups excluding tert-OH is 1. The molecule has 33 heavy (non-hydrogen) atoms. The smallest absolute Gasteiger partial charge is 0.124 e. The molecular weight excluding hydrogens is 408 g/mol. The van der Waals surface area contributed by atoms with E-state index in [0.717, 1.165) is 36.0 Å². The maximum absolute atomic E-state index is 11.1. The molecule has 0 aliphatic heterocycles. The van der Waals surface area contributed by atoms with Gasteiger partial charge in [-0.25, -0.2) is 0 Å². The molecule has 0 unspecified atom stereocenters. The summed E-state index contributed by atoms with van der Waals surface area (Å²) in [6.45, 7) is 14.6.